The average Bonchev–Trinajstić information content (AvgIpc) is 2.77. The lowest BCUT2D eigenvalue weighted by molar-refractivity contribution is -0.143. The van der Waals surface area contributed by atoms with E-state index in [9.17, 15) is 9.59 Å². The highest BCUT2D eigenvalue weighted by Crippen LogP contribution is 2.23. The van der Waals surface area contributed by atoms with Gasteiger partial charge in [0.1, 0.15) is 5.75 Å². The topological polar surface area (TPSA) is 77.5 Å². The second-order valence-corrected chi connectivity index (χ2v) is 7.53. The first-order valence-corrected chi connectivity index (χ1v) is 10.6. The maximum atomic E-state index is 12.6. The number of benzene rings is 2. The fraction of sp³-hybridized carbons (Fsp3) is 0.261. The van der Waals surface area contributed by atoms with Crippen LogP contribution in [-0.4, -0.2) is 36.3 Å². The van der Waals surface area contributed by atoms with E-state index in [0.717, 1.165) is 21.5 Å². The Morgan fingerprint density at radius 2 is 1.83 bits per heavy atom. The zero-order valence-electron chi connectivity index (χ0n) is 17.0. The molecule has 3 rings (SSSR count). The maximum absolute atomic E-state index is 12.6. The van der Waals surface area contributed by atoms with Gasteiger partial charge in [0.25, 0.3) is 0 Å². The minimum atomic E-state index is -0.479. The van der Waals surface area contributed by atoms with Crippen LogP contribution in [0.5, 0.6) is 5.75 Å². The third kappa shape index (κ3) is 5.97. The molecule has 1 N–H and O–H groups in total. The van der Waals surface area contributed by atoms with Crippen molar-refractivity contribution in [2.24, 2.45) is 0 Å². The number of nitrogens with zero attached hydrogens (tertiary/aromatic N) is 1. The molecule has 7 heteroatoms. The fourth-order valence-electron chi connectivity index (χ4n) is 2.98. The van der Waals surface area contributed by atoms with Crippen LogP contribution < -0.4 is 10.1 Å². The molecule has 30 heavy (non-hydrogen) atoms. The van der Waals surface area contributed by atoms with Crippen molar-refractivity contribution in [1.29, 1.82) is 0 Å². The number of fused-ring (bicyclic) bond motifs is 1. The summed E-state index contributed by atoms with van der Waals surface area (Å²) >= 11 is 1.36. The molecule has 0 aliphatic carbocycles. The number of methoxy groups -OCH3 is 1. The molecule has 1 atom stereocenters. The van der Waals surface area contributed by atoms with E-state index in [0.29, 0.717) is 12.4 Å². The van der Waals surface area contributed by atoms with Crippen molar-refractivity contribution < 1.29 is 19.1 Å². The Hall–Kier alpha value is -3.06. The summed E-state index contributed by atoms with van der Waals surface area (Å²) in [6, 6.07) is 18.5. The molecule has 0 saturated heterocycles. The van der Waals surface area contributed by atoms with Crippen LogP contribution in [0.3, 0.4) is 0 Å². The second kappa shape index (κ2) is 10.6. The number of thioether (sulfide) groups is 1. The van der Waals surface area contributed by atoms with E-state index in [1.165, 1.54) is 11.8 Å². The maximum Gasteiger partial charge on any atom is 0.308 e. The van der Waals surface area contributed by atoms with Gasteiger partial charge in [-0.15, -0.1) is 0 Å². The number of nitrogens with one attached hydrogen (secondary N) is 1. The number of carbonyl (C=O) groups excluding carboxylic acids is 2. The van der Waals surface area contributed by atoms with Crippen LogP contribution in [0.15, 0.2) is 65.7 Å². The van der Waals surface area contributed by atoms with Gasteiger partial charge in [0.05, 0.1) is 42.5 Å². The van der Waals surface area contributed by atoms with Crippen LogP contribution in [0, 0.1) is 0 Å². The van der Waals surface area contributed by atoms with E-state index in [-0.39, 0.29) is 24.1 Å². The molecular formula is C23H24N2O4S. The second-order valence-electron chi connectivity index (χ2n) is 6.53. The molecule has 1 heterocycles. The molecule has 1 amide bonds. The third-order valence-electron chi connectivity index (χ3n) is 4.45. The van der Waals surface area contributed by atoms with Crippen molar-refractivity contribution in [3.63, 3.8) is 0 Å². The number of carbonyl (C=O) groups is 2. The zero-order chi connectivity index (χ0) is 21.3. The van der Waals surface area contributed by atoms with Gasteiger partial charge in [-0.05, 0) is 36.8 Å². The monoisotopic (exact) mass is 424 g/mol. The van der Waals surface area contributed by atoms with Gasteiger partial charge in [-0.25, -0.2) is 4.98 Å². The molecule has 0 fully saturated rings. The summed E-state index contributed by atoms with van der Waals surface area (Å²) in [6.45, 7) is 2.05. The van der Waals surface area contributed by atoms with Crippen molar-refractivity contribution in [1.82, 2.24) is 10.3 Å². The summed E-state index contributed by atoms with van der Waals surface area (Å²) in [5.74, 6) is 0.362. The Labute approximate surface area is 180 Å². The summed E-state index contributed by atoms with van der Waals surface area (Å²) < 4.78 is 10.2. The quantitative estimate of drug-likeness (QED) is 0.411. The molecule has 156 valence electrons. The summed E-state index contributed by atoms with van der Waals surface area (Å²) in [5, 5.41) is 4.77. The highest BCUT2D eigenvalue weighted by Gasteiger charge is 2.19. The number of aromatic nitrogens is 1. The van der Waals surface area contributed by atoms with Crippen LogP contribution in [-0.2, 0) is 14.3 Å². The largest absolute Gasteiger partial charge is 0.497 e. The summed E-state index contributed by atoms with van der Waals surface area (Å²) in [4.78, 5) is 29.2. The Morgan fingerprint density at radius 3 is 2.57 bits per heavy atom. The van der Waals surface area contributed by atoms with Gasteiger partial charge in [0.15, 0.2) is 0 Å². The Kier molecular flexibility index (Phi) is 7.68. The lowest BCUT2D eigenvalue weighted by atomic mass is 10.0. The van der Waals surface area contributed by atoms with Crippen LogP contribution in [0.25, 0.3) is 10.9 Å². The number of hydrogen-bond donors (Lipinski definition) is 1. The first-order chi connectivity index (χ1) is 14.6. The minimum Gasteiger partial charge on any atom is -0.497 e. The van der Waals surface area contributed by atoms with Crippen LogP contribution in [0.1, 0.15) is 24.9 Å². The summed E-state index contributed by atoms with van der Waals surface area (Å²) in [7, 11) is 1.59. The van der Waals surface area contributed by atoms with Gasteiger partial charge < -0.3 is 14.8 Å². The van der Waals surface area contributed by atoms with Gasteiger partial charge in [0.2, 0.25) is 5.91 Å². The van der Waals surface area contributed by atoms with Crippen molar-refractivity contribution in [3.8, 4) is 5.75 Å². The normalized spacial score (nSPS) is 11.7. The smallest absolute Gasteiger partial charge is 0.308 e. The molecule has 0 spiro atoms. The number of ether oxygens (including phenoxy) is 2. The third-order valence-corrected chi connectivity index (χ3v) is 5.38. The van der Waals surface area contributed by atoms with Crippen LogP contribution >= 0.6 is 11.8 Å². The number of amides is 1. The SMILES string of the molecule is CCOC(=O)C[C@H](NC(=O)CSc1ccc2ccccc2n1)c1ccc(OC)cc1. The van der Waals surface area contributed by atoms with E-state index in [2.05, 4.69) is 10.3 Å². The highest BCUT2D eigenvalue weighted by atomic mass is 32.2. The predicted molar refractivity (Wildman–Crippen MR) is 118 cm³/mol. The predicted octanol–water partition coefficient (Wildman–Crippen LogP) is 4.15. The van der Waals surface area contributed by atoms with E-state index < -0.39 is 6.04 Å². The molecule has 0 saturated carbocycles. The van der Waals surface area contributed by atoms with E-state index >= 15 is 0 Å². The van der Waals surface area contributed by atoms with Gasteiger partial charge in [-0.3, -0.25) is 9.59 Å². The number of para-hydroxylation sites is 1. The molecule has 6 nitrogen and oxygen atoms in total. The van der Waals surface area contributed by atoms with E-state index in [1.54, 1.807) is 26.2 Å². The minimum absolute atomic E-state index is 0.0603. The lowest BCUT2D eigenvalue weighted by Gasteiger charge is -2.19. The van der Waals surface area contributed by atoms with Gasteiger partial charge >= 0.3 is 5.97 Å². The van der Waals surface area contributed by atoms with Gasteiger partial charge in [-0.1, -0.05) is 48.2 Å². The Bertz CT molecular complexity index is 1010. The van der Waals surface area contributed by atoms with Crippen LogP contribution in [0.2, 0.25) is 0 Å². The molecule has 1 aromatic heterocycles. The van der Waals surface area contributed by atoms with Crippen molar-refractivity contribution >= 4 is 34.5 Å². The molecule has 0 unspecified atom stereocenters. The van der Waals surface area contributed by atoms with Crippen LogP contribution in [0.4, 0.5) is 0 Å². The fourth-order valence-corrected chi connectivity index (χ4v) is 3.67. The molecular weight excluding hydrogens is 400 g/mol. The molecule has 0 aliphatic heterocycles. The first-order valence-electron chi connectivity index (χ1n) is 9.66. The van der Waals surface area contributed by atoms with Crippen molar-refractivity contribution in [3.05, 3.63) is 66.2 Å². The van der Waals surface area contributed by atoms with Crippen molar-refractivity contribution in [2.45, 2.75) is 24.4 Å². The number of rotatable bonds is 9. The highest BCUT2D eigenvalue weighted by molar-refractivity contribution is 7.99. The van der Waals surface area contributed by atoms with Crippen molar-refractivity contribution in [2.75, 3.05) is 19.5 Å². The van der Waals surface area contributed by atoms with E-state index in [4.69, 9.17) is 9.47 Å². The molecule has 2 aromatic carbocycles. The Morgan fingerprint density at radius 1 is 1.07 bits per heavy atom. The molecule has 0 radical (unpaired) electrons. The van der Waals surface area contributed by atoms with Gasteiger partial charge in [0, 0.05) is 5.39 Å². The first kappa shape index (κ1) is 21.6. The lowest BCUT2D eigenvalue weighted by Crippen LogP contribution is -2.32. The standard InChI is InChI=1S/C23H24N2O4S/c1-3-29-23(27)14-20(17-8-11-18(28-2)12-9-17)24-21(26)15-30-22-13-10-16-6-4-5-7-19(16)25-22/h4-13,20H,3,14-15H2,1-2H3,(H,24,26)/t20-/m0/s1. The number of hydrogen-bond acceptors (Lipinski definition) is 6. The van der Waals surface area contributed by atoms with Gasteiger partial charge in [-0.2, -0.15) is 0 Å². The molecule has 0 bridgehead atoms. The molecule has 0 aliphatic rings. The van der Waals surface area contributed by atoms with E-state index in [1.807, 2.05) is 48.5 Å². The summed E-state index contributed by atoms with van der Waals surface area (Å²) in [5.41, 5.74) is 1.70. The molecule has 3 aromatic rings. The zero-order valence-corrected chi connectivity index (χ0v) is 17.8. The number of pyridine rings is 1. The summed E-state index contributed by atoms with van der Waals surface area (Å²) in [6.07, 6.45) is 0.0603. The average molecular weight is 425 g/mol. The number of esters is 1. The Balaban J connectivity index is 1.65.